The maximum atomic E-state index is 12.3. The van der Waals surface area contributed by atoms with Crippen molar-refractivity contribution in [2.45, 2.75) is 18.8 Å². The van der Waals surface area contributed by atoms with E-state index in [0.29, 0.717) is 18.7 Å². The highest BCUT2D eigenvalue weighted by Gasteiger charge is 2.34. The molecule has 0 aromatic heterocycles. The Kier molecular flexibility index (Phi) is 4.06. The standard InChI is InChI=1S/C11H12F3NO.ClH/c1-10(15-6-7-16-10)8-2-4-9(5-3-8)11(12,13)14;/h2-5,15H,6-7H2,1H3;1H. The first-order valence-corrected chi connectivity index (χ1v) is 4.98. The van der Waals surface area contributed by atoms with Crippen molar-refractivity contribution in [3.05, 3.63) is 35.4 Å². The molecule has 0 bridgehead atoms. The number of hydrogen-bond donors (Lipinski definition) is 1. The van der Waals surface area contributed by atoms with Gasteiger partial charge in [0, 0.05) is 6.54 Å². The third-order valence-electron chi connectivity index (χ3n) is 2.72. The van der Waals surface area contributed by atoms with Crippen LogP contribution in [-0.2, 0) is 16.6 Å². The Morgan fingerprint density at radius 1 is 1.24 bits per heavy atom. The average molecular weight is 268 g/mol. The van der Waals surface area contributed by atoms with E-state index in [-0.39, 0.29) is 12.4 Å². The SMILES string of the molecule is CC1(c2ccc(C(F)(F)F)cc2)NCCO1.Cl. The van der Waals surface area contributed by atoms with E-state index in [1.54, 1.807) is 0 Å². The molecule has 0 amide bonds. The van der Waals surface area contributed by atoms with Crippen molar-refractivity contribution in [1.82, 2.24) is 5.32 Å². The zero-order valence-electron chi connectivity index (χ0n) is 9.17. The van der Waals surface area contributed by atoms with Gasteiger partial charge >= 0.3 is 6.18 Å². The van der Waals surface area contributed by atoms with Gasteiger partial charge in [-0.1, -0.05) is 12.1 Å². The van der Waals surface area contributed by atoms with Gasteiger partial charge < -0.3 is 4.74 Å². The van der Waals surface area contributed by atoms with Crippen LogP contribution in [0.2, 0.25) is 0 Å². The summed E-state index contributed by atoms with van der Waals surface area (Å²) in [5.41, 5.74) is -0.597. The second-order valence-corrected chi connectivity index (χ2v) is 3.88. The lowest BCUT2D eigenvalue weighted by molar-refractivity contribution is -0.137. The number of nitrogens with one attached hydrogen (secondary N) is 1. The van der Waals surface area contributed by atoms with Crippen LogP contribution in [-0.4, -0.2) is 13.2 Å². The maximum absolute atomic E-state index is 12.3. The number of halogens is 4. The van der Waals surface area contributed by atoms with Gasteiger partial charge in [-0.25, -0.2) is 0 Å². The molecule has 1 aliphatic rings. The zero-order valence-corrected chi connectivity index (χ0v) is 9.99. The fourth-order valence-corrected chi connectivity index (χ4v) is 1.76. The summed E-state index contributed by atoms with van der Waals surface area (Å²) in [6, 6.07) is 5.04. The van der Waals surface area contributed by atoms with E-state index in [1.807, 2.05) is 6.92 Å². The fourth-order valence-electron chi connectivity index (χ4n) is 1.76. The van der Waals surface area contributed by atoms with Crippen LogP contribution >= 0.6 is 12.4 Å². The Balaban J connectivity index is 0.00000144. The summed E-state index contributed by atoms with van der Waals surface area (Å²) in [5.74, 6) is 0. The summed E-state index contributed by atoms with van der Waals surface area (Å²) in [4.78, 5) is 0. The van der Waals surface area contributed by atoms with Crippen molar-refractivity contribution in [3.63, 3.8) is 0 Å². The zero-order chi connectivity index (χ0) is 11.8. The molecule has 2 nitrogen and oxygen atoms in total. The van der Waals surface area contributed by atoms with Crippen LogP contribution in [0.3, 0.4) is 0 Å². The molecule has 1 aliphatic heterocycles. The molecule has 1 heterocycles. The summed E-state index contributed by atoms with van der Waals surface area (Å²) in [7, 11) is 0. The number of hydrogen-bond acceptors (Lipinski definition) is 2. The van der Waals surface area contributed by atoms with Crippen LogP contribution in [0.15, 0.2) is 24.3 Å². The lowest BCUT2D eigenvalue weighted by Gasteiger charge is -2.24. The Bertz CT molecular complexity index is 371. The molecule has 0 saturated carbocycles. The van der Waals surface area contributed by atoms with Crippen LogP contribution in [0.25, 0.3) is 0 Å². The summed E-state index contributed by atoms with van der Waals surface area (Å²) >= 11 is 0. The molecule has 1 N–H and O–H groups in total. The molecule has 6 heteroatoms. The lowest BCUT2D eigenvalue weighted by atomic mass is 10.0. The van der Waals surface area contributed by atoms with Crippen LogP contribution in [0.1, 0.15) is 18.1 Å². The fraction of sp³-hybridized carbons (Fsp3) is 0.455. The first-order chi connectivity index (χ1) is 7.42. The Morgan fingerprint density at radius 3 is 2.24 bits per heavy atom. The molecule has 0 spiro atoms. The minimum atomic E-state index is -4.29. The van der Waals surface area contributed by atoms with Gasteiger partial charge in [0.15, 0.2) is 0 Å². The van der Waals surface area contributed by atoms with Crippen LogP contribution in [0.5, 0.6) is 0 Å². The van der Waals surface area contributed by atoms with Crippen LogP contribution in [0, 0.1) is 0 Å². The Hall–Kier alpha value is -0.780. The highest BCUT2D eigenvalue weighted by Crippen LogP contribution is 2.31. The highest BCUT2D eigenvalue weighted by molar-refractivity contribution is 5.85. The van der Waals surface area contributed by atoms with Gasteiger partial charge in [-0.3, -0.25) is 5.32 Å². The maximum Gasteiger partial charge on any atom is 0.416 e. The van der Waals surface area contributed by atoms with E-state index in [4.69, 9.17) is 4.74 Å². The summed E-state index contributed by atoms with van der Waals surface area (Å²) in [6.45, 7) is 3.08. The van der Waals surface area contributed by atoms with Crippen LogP contribution in [0.4, 0.5) is 13.2 Å². The summed E-state index contributed by atoms with van der Waals surface area (Å²) < 4.78 is 42.5. The minimum Gasteiger partial charge on any atom is -0.355 e. The number of alkyl halides is 3. The monoisotopic (exact) mass is 267 g/mol. The van der Waals surface area contributed by atoms with E-state index >= 15 is 0 Å². The van der Waals surface area contributed by atoms with Crippen molar-refractivity contribution in [2.24, 2.45) is 0 Å². The molecule has 1 fully saturated rings. The van der Waals surface area contributed by atoms with Crippen LogP contribution < -0.4 is 5.32 Å². The molecule has 1 atom stereocenters. The quantitative estimate of drug-likeness (QED) is 0.845. The molecule has 2 rings (SSSR count). The predicted molar refractivity (Wildman–Crippen MR) is 60.0 cm³/mol. The molecule has 96 valence electrons. The second kappa shape index (κ2) is 4.84. The van der Waals surface area contributed by atoms with Crippen molar-refractivity contribution < 1.29 is 17.9 Å². The van der Waals surface area contributed by atoms with Gasteiger partial charge in [0.05, 0.1) is 12.2 Å². The Morgan fingerprint density at radius 2 is 1.82 bits per heavy atom. The van der Waals surface area contributed by atoms with E-state index < -0.39 is 17.5 Å². The normalized spacial score (nSPS) is 24.5. The van der Waals surface area contributed by atoms with E-state index in [0.717, 1.165) is 12.1 Å². The second-order valence-electron chi connectivity index (χ2n) is 3.88. The van der Waals surface area contributed by atoms with Gasteiger partial charge in [-0.2, -0.15) is 13.2 Å². The van der Waals surface area contributed by atoms with E-state index in [1.165, 1.54) is 12.1 Å². The number of benzene rings is 1. The van der Waals surface area contributed by atoms with Gasteiger partial charge in [0.2, 0.25) is 0 Å². The van der Waals surface area contributed by atoms with Crippen molar-refractivity contribution >= 4 is 12.4 Å². The number of ether oxygens (including phenoxy) is 1. The first-order valence-electron chi connectivity index (χ1n) is 4.98. The lowest BCUT2D eigenvalue weighted by Crippen LogP contribution is -2.34. The predicted octanol–water partition coefficient (Wildman–Crippen LogP) is 2.92. The molecule has 0 aliphatic carbocycles. The minimum absolute atomic E-state index is 0. The smallest absolute Gasteiger partial charge is 0.355 e. The molecule has 1 aromatic carbocycles. The topological polar surface area (TPSA) is 21.3 Å². The molecule has 1 saturated heterocycles. The van der Waals surface area contributed by atoms with Gasteiger partial charge in [0.25, 0.3) is 0 Å². The number of rotatable bonds is 1. The third-order valence-corrected chi connectivity index (χ3v) is 2.72. The van der Waals surface area contributed by atoms with E-state index in [9.17, 15) is 13.2 Å². The van der Waals surface area contributed by atoms with Gasteiger partial charge in [-0.15, -0.1) is 12.4 Å². The van der Waals surface area contributed by atoms with Crippen molar-refractivity contribution in [1.29, 1.82) is 0 Å². The molecule has 1 unspecified atom stereocenters. The molecule has 0 radical (unpaired) electrons. The van der Waals surface area contributed by atoms with E-state index in [2.05, 4.69) is 5.32 Å². The summed E-state index contributed by atoms with van der Waals surface area (Å²) in [5, 5.41) is 3.10. The molecular weight excluding hydrogens is 255 g/mol. The highest BCUT2D eigenvalue weighted by atomic mass is 35.5. The average Bonchev–Trinajstić information content (AvgIpc) is 2.66. The van der Waals surface area contributed by atoms with Crippen molar-refractivity contribution in [3.8, 4) is 0 Å². The molecular formula is C11H13ClF3NO. The molecule has 1 aromatic rings. The van der Waals surface area contributed by atoms with Crippen molar-refractivity contribution in [2.75, 3.05) is 13.2 Å². The van der Waals surface area contributed by atoms with Gasteiger partial charge in [-0.05, 0) is 24.6 Å². The first kappa shape index (κ1) is 14.3. The third kappa shape index (κ3) is 2.91. The molecule has 17 heavy (non-hydrogen) atoms. The summed E-state index contributed by atoms with van der Waals surface area (Å²) in [6.07, 6.45) is -4.29. The largest absolute Gasteiger partial charge is 0.416 e. The Labute approximate surface area is 104 Å². The van der Waals surface area contributed by atoms with Gasteiger partial charge in [0.1, 0.15) is 5.72 Å².